The second kappa shape index (κ2) is 53.6. The van der Waals surface area contributed by atoms with E-state index in [-0.39, 0.29) is 14.9 Å². The Labute approximate surface area is 735 Å². The number of hydrogen-bond acceptors (Lipinski definition) is 54. The molecular formula is C68H126I2O54. The maximum Gasteiger partial charge on any atom is 0.187 e. The Kier molecular flexibility index (Phi) is 49.2. The van der Waals surface area contributed by atoms with Gasteiger partial charge in [-0.1, -0.05) is 28.7 Å². The molecule has 2 unspecified atom stereocenters. The molecule has 54 nitrogen and oxygen atoms in total. The molecule has 50 atom stereocenters. The van der Waals surface area contributed by atoms with Crippen molar-refractivity contribution in [3.8, 4) is 0 Å². The third-order valence-electron chi connectivity index (χ3n) is 21.1. The first-order valence-corrected chi connectivity index (χ1v) is 40.3. The molecular weight excluding hydrogens is 1930 g/mol. The minimum atomic E-state index is -2.07. The number of aliphatic hydroxyl groups is 34. The van der Waals surface area contributed by atoms with Gasteiger partial charge in [-0.05, 0) is 12.8 Å². The molecule has 10 fully saturated rings. The van der Waals surface area contributed by atoms with E-state index in [9.17, 15) is 174 Å². The van der Waals surface area contributed by atoms with E-state index in [0.29, 0.717) is 0 Å². The Hall–Kier alpha value is -0.700. The molecule has 10 aliphatic heterocycles. The monoisotopic (exact) mass is 2060 g/mol. The van der Waals surface area contributed by atoms with E-state index in [4.69, 9.17) is 85.3 Å². The Morgan fingerprint density at radius 3 is 0.694 bits per heavy atom. The van der Waals surface area contributed by atoms with Gasteiger partial charge in [0.1, 0.15) is 290 Å². The first kappa shape index (κ1) is 114. The Bertz CT molecular complexity index is 2880. The number of rotatable bonds is 30. The van der Waals surface area contributed by atoms with Gasteiger partial charge in [-0.15, -0.1) is 0 Å². The van der Waals surface area contributed by atoms with Crippen LogP contribution >= 0.6 is 46.0 Å². The molecule has 10 aliphatic rings. The van der Waals surface area contributed by atoms with Crippen LogP contribution in [0.4, 0.5) is 0 Å². The van der Waals surface area contributed by atoms with Crippen LogP contribution in [0, 0.1) is 0 Å². The molecule has 0 radical (unpaired) electrons. The number of aliphatic hydroxyl groups excluding tert-OH is 34. The largest absolute Gasteiger partial charge is 0.394 e. The Morgan fingerprint density at radius 2 is 0.411 bits per heavy atom. The molecule has 56 heteroatoms. The van der Waals surface area contributed by atoms with E-state index in [1.807, 2.05) is 46.0 Å². The van der Waals surface area contributed by atoms with Gasteiger partial charge in [0.05, 0.1) is 79.3 Å². The van der Waals surface area contributed by atoms with Crippen LogP contribution < -0.4 is 0 Å². The third kappa shape index (κ3) is 27.8. The Morgan fingerprint density at radius 1 is 0.202 bits per heavy atom. The van der Waals surface area contributed by atoms with Gasteiger partial charge in [0.2, 0.25) is 0 Å². The van der Waals surface area contributed by atoms with Crippen LogP contribution in [0.2, 0.25) is 0 Å². The minimum absolute atomic E-state index is 0. The van der Waals surface area contributed by atoms with Crippen LogP contribution in [-0.4, -0.2) is 560 Å². The topological polar surface area (TPSA) is 872 Å². The minimum Gasteiger partial charge on any atom is -0.394 e. The molecule has 0 saturated carbocycles. The van der Waals surface area contributed by atoms with E-state index in [1.165, 1.54) is 0 Å². The van der Waals surface area contributed by atoms with Gasteiger partial charge < -0.3 is 265 Å². The zero-order valence-corrected chi connectivity index (χ0v) is 69.2. The summed E-state index contributed by atoms with van der Waals surface area (Å²) >= 11 is 3.77. The molecule has 0 aliphatic carbocycles. The molecule has 0 aromatic carbocycles. The second-order valence-corrected chi connectivity index (χ2v) is 30.9. The van der Waals surface area contributed by atoms with Gasteiger partial charge in [0, 0.05) is 0 Å². The summed E-state index contributed by atoms with van der Waals surface area (Å²) in [5.74, 6) is 0. The zero-order valence-electron chi connectivity index (χ0n) is 64.9. The van der Waals surface area contributed by atoms with Crippen molar-refractivity contribution < 1.29 is 265 Å². The van der Waals surface area contributed by atoms with Crippen LogP contribution in [0.3, 0.4) is 0 Å². The van der Waals surface area contributed by atoms with Gasteiger partial charge in [0.15, 0.2) is 62.9 Å². The lowest BCUT2D eigenvalue weighted by Crippen LogP contribution is -2.66. The first-order chi connectivity index (χ1) is 57.7. The number of halogens is 2. The van der Waals surface area contributed by atoms with Crippen molar-refractivity contribution in [3.05, 3.63) is 0 Å². The van der Waals surface area contributed by atoms with Crippen molar-refractivity contribution >= 4 is 46.0 Å². The Balaban J connectivity index is 0.000000391. The average molecular weight is 2060 g/mol. The molecule has 0 aromatic heterocycles. The average Bonchev–Trinajstić information content (AvgIpc) is 0.785. The van der Waals surface area contributed by atoms with Crippen molar-refractivity contribution in [1.82, 2.24) is 0 Å². The molecule has 10 saturated heterocycles. The van der Waals surface area contributed by atoms with Gasteiger partial charge >= 0.3 is 0 Å². The molecule has 10 rings (SSSR count). The third-order valence-corrected chi connectivity index (χ3v) is 22.0. The van der Waals surface area contributed by atoms with Crippen molar-refractivity contribution in [3.63, 3.8) is 0 Å². The smallest absolute Gasteiger partial charge is 0.187 e. The molecule has 0 spiro atoms. The fourth-order valence-corrected chi connectivity index (χ4v) is 14.6. The van der Waals surface area contributed by atoms with Crippen LogP contribution in [0.1, 0.15) is 41.5 Å². The molecule has 0 bridgehead atoms. The fourth-order valence-electron chi connectivity index (χ4n) is 13.8. The lowest BCUT2D eigenvalue weighted by molar-refractivity contribution is -0.381. The van der Waals surface area contributed by atoms with Crippen molar-refractivity contribution in [2.75, 3.05) is 79.3 Å². The van der Waals surface area contributed by atoms with Crippen LogP contribution in [0.15, 0.2) is 0 Å². The summed E-state index contributed by atoms with van der Waals surface area (Å²) in [6, 6.07) is 0. The summed E-state index contributed by atoms with van der Waals surface area (Å²) < 4.78 is 108. The molecule has 124 heavy (non-hydrogen) atoms. The van der Waals surface area contributed by atoms with Crippen LogP contribution in [0.5, 0.6) is 0 Å². The number of hydrogen-bond donors (Lipinski definition) is 34. The predicted molar refractivity (Wildman–Crippen MR) is 407 cm³/mol. The molecule has 736 valence electrons. The van der Waals surface area contributed by atoms with E-state index >= 15 is 0 Å². The summed E-state index contributed by atoms with van der Waals surface area (Å²) in [6.07, 6.45) is -89.5. The van der Waals surface area contributed by atoms with Crippen LogP contribution in [0.25, 0.3) is 0 Å². The molecule has 10 heterocycles. The summed E-state index contributed by atoms with van der Waals surface area (Å²) in [6.45, 7) is -2.40. The van der Waals surface area contributed by atoms with Crippen molar-refractivity contribution in [1.29, 1.82) is 0 Å². The lowest BCUT2D eigenvalue weighted by atomic mass is 9.96. The normalized spacial score (nSPS) is 48.7. The highest BCUT2D eigenvalue weighted by atomic mass is 127. The highest BCUT2D eigenvalue weighted by Gasteiger charge is 2.59. The lowest BCUT2D eigenvalue weighted by Gasteiger charge is -2.47. The molecule has 0 amide bonds. The van der Waals surface area contributed by atoms with Crippen LogP contribution in [-0.2, 0) is 91.4 Å². The summed E-state index contributed by atoms with van der Waals surface area (Å²) in [4.78, 5) is 0. The standard InChI is InChI=1S/2C30H52O26.2C3H7IO.2CH4/c31-1-6-11(34)15(38)21(44)27(51-6)48-4-10-14(37)18(41)25(56-28-22(45)16(39)12(35)7(2-32)52-28)30(54-10)49-5-9-13(36)17(40)23(46)29(53-9)55-24-8(3-33)50-26(47)20(43)19(24)42;31-1-6-11(34)15(38)20(43)27(51-6)48-5-10-14(37)25(56-29-21(44)16(39)12(35)7(2-32)52-29)23(46)28(53-10)49-4-9-13(36)17(40)22(45)30(54-9)55-24-8(3-33)50-26(47)19(42)18(24)41;2*1-2-3-5-4;;/h2*6-47H,1-5H2;2*2-3H2,1H3;2*1H4/t6-,7+,8-,9-,10-,11-,12+,13-,14-,15+,16-,17+,18+,19-,20-,21-,22+,23-,24-,25-,26+,27+,28?,29-,30+;6-,7+,8-,9-,10-,11-,12+,13-,14-,15+,16-,17+,18-,19-,20-,21+,22-,23-,24-,25+,26+,27+,28+,29?,30-;;;;/m11..../s1. The van der Waals surface area contributed by atoms with E-state index in [1.54, 1.807) is 0 Å². The summed E-state index contributed by atoms with van der Waals surface area (Å²) in [5.41, 5.74) is 0. The number of ether oxygens (including phenoxy) is 18. The highest BCUT2D eigenvalue weighted by Crippen LogP contribution is 2.38. The zero-order chi connectivity index (χ0) is 90.9. The van der Waals surface area contributed by atoms with Crippen molar-refractivity contribution in [2.24, 2.45) is 0 Å². The van der Waals surface area contributed by atoms with E-state index in [2.05, 4.69) is 20.0 Å². The second-order valence-electron chi connectivity index (χ2n) is 29.7. The van der Waals surface area contributed by atoms with Gasteiger partial charge in [-0.25, -0.2) is 0 Å². The van der Waals surface area contributed by atoms with E-state index < -0.39 is 373 Å². The van der Waals surface area contributed by atoms with Gasteiger partial charge in [0.25, 0.3) is 0 Å². The molecule has 0 aromatic rings. The fraction of sp³-hybridized carbons (Fsp3) is 1.00. The quantitative estimate of drug-likeness (QED) is 0.0297. The molecule has 34 N–H and O–H groups in total. The SMILES string of the molecule is C.C.CCCOI.CCCOI.OC[C@@H]1OC(O[C@@H]2[C@@H](O)[C@@H](OC[C@H]3O[C@H](O[C@H]4[C@H](O)[C@@H](O)[C@@H](O)O[C@@H]4CO)[C@H](O)[C@@H](O)[C@@H]3O)O[C@H](CO[C@H]3O[C@H](CO)[C@@H](O)[C@H](O)[C@H]3O)[C@H]2O)[C@@H](O)[C@H](O)[C@H]1O.OC[C@@H]1OC(O[C@H]2[C@@H](OC[C@H]3O[C@H](O[C@H]4[C@H](O)[C@@H](O)[C@@H](O)O[C@@H]4CO)[C@H](O)[C@@H](O)[C@@H]3O)O[C@H](CO[C@H]3O[C@H](CO)[C@@H](O)[C@H](O)[C@H]3O)[C@@H](O)[C@@H]2O)[C@@H](O)[C@H](O)[C@H]1O. The highest BCUT2D eigenvalue weighted by molar-refractivity contribution is 14.1. The predicted octanol–water partition coefficient (Wildman–Crippen LogP) is -19.1. The maximum atomic E-state index is 11.3. The van der Waals surface area contributed by atoms with Gasteiger partial charge in [-0.3, -0.25) is 0 Å². The first-order valence-electron chi connectivity index (χ1n) is 38.5. The maximum absolute atomic E-state index is 11.3. The van der Waals surface area contributed by atoms with Crippen molar-refractivity contribution in [2.45, 2.75) is 349 Å². The van der Waals surface area contributed by atoms with Gasteiger partial charge in [-0.2, -0.15) is 0 Å². The summed E-state index contributed by atoms with van der Waals surface area (Å²) in [5, 5.41) is 350. The van der Waals surface area contributed by atoms with E-state index in [0.717, 1.165) is 26.1 Å². The summed E-state index contributed by atoms with van der Waals surface area (Å²) in [7, 11) is 0.